The first-order valence-corrected chi connectivity index (χ1v) is 27.7. The van der Waals surface area contributed by atoms with Crippen LogP contribution >= 0.6 is 22.7 Å². The van der Waals surface area contributed by atoms with Gasteiger partial charge in [-0.1, -0.05) is 136 Å². The van der Waals surface area contributed by atoms with Gasteiger partial charge in [0.25, 0.3) is 0 Å². The maximum Gasteiger partial charge on any atom is 0.123 e. The molecule has 2 saturated carbocycles. The number of aromatic nitrogens is 2. The standard InChI is InChI=1S/C66H50F2N2S2/c67-43-23-15-21-41(37-43)59-57(39-17-3-1-4-18-39)65(69-49-29-11-7-25-45(49)61-51(69)33-35-55-63(61)47-27-9-13-31-53(47)71-55)58(40-19-5-2-6-20-40)60(42-22-16-24-44(68)38-42)66(59)70-50-30-12-8-26-46(50)62-52(70)34-36-56-64(62)48-28-10-14-32-54(48)72-56/h7-16,21-40H,1-6,17-20H2. The highest BCUT2D eigenvalue weighted by Crippen LogP contribution is 2.57. The third-order valence-corrected chi connectivity index (χ3v) is 18.8. The van der Waals surface area contributed by atoms with Crippen LogP contribution in [0.4, 0.5) is 8.78 Å². The van der Waals surface area contributed by atoms with Gasteiger partial charge in [-0.15, -0.1) is 22.7 Å². The van der Waals surface area contributed by atoms with Crippen molar-refractivity contribution in [2.24, 2.45) is 0 Å². The molecule has 72 heavy (non-hydrogen) atoms. The number of hydrogen-bond donors (Lipinski definition) is 0. The van der Waals surface area contributed by atoms with Crippen molar-refractivity contribution in [3.05, 3.63) is 193 Å². The molecule has 0 aliphatic heterocycles. The van der Waals surface area contributed by atoms with Gasteiger partial charge in [-0.3, -0.25) is 0 Å². The van der Waals surface area contributed by atoms with Crippen LogP contribution in [0.25, 0.3) is 118 Å². The predicted molar refractivity (Wildman–Crippen MR) is 303 cm³/mol. The highest BCUT2D eigenvalue weighted by Gasteiger charge is 2.37. The average molecular weight is 973 g/mol. The van der Waals surface area contributed by atoms with Gasteiger partial charge in [0.2, 0.25) is 0 Å². The van der Waals surface area contributed by atoms with E-state index in [0.29, 0.717) is 0 Å². The fourth-order valence-corrected chi connectivity index (χ4v) is 15.9. The molecule has 0 saturated heterocycles. The zero-order chi connectivity index (χ0) is 47.6. The van der Waals surface area contributed by atoms with E-state index in [4.69, 9.17) is 0 Å². The quantitative estimate of drug-likeness (QED) is 0.157. The summed E-state index contributed by atoms with van der Waals surface area (Å²) in [4.78, 5) is 0. The number of rotatable bonds is 6. The van der Waals surface area contributed by atoms with Crippen LogP contribution in [0.3, 0.4) is 0 Å². The van der Waals surface area contributed by atoms with Crippen molar-refractivity contribution in [1.82, 2.24) is 9.13 Å². The fraction of sp³-hybridized carbons (Fsp3) is 0.182. The number of benzene rings is 9. The van der Waals surface area contributed by atoms with Crippen LogP contribution in [-0.4, -0.2) is 9.13 Å². The lowest BCUT2D eigenvalue weighted by Crippen LogP contribution is -2.20. The molecular weight excluding hydrogens is 923 g/mol. The van der Waals surface area contributed by atoms with Crippen molar-refractivity contribution in [2.75, 3.05) is 0 Å². The van der Waals surface area contributed by atoms with E-state index in [2.05, 4.69) is 143 Å². The molecule has 13 aromatic rings. The summed E-state index contributed by atoms with van der Waals surface area (Å²) in [7, 11) is 0. The lowest BCUT2D eigenvalue weighted by atomic mass is 9.72. The number of nitrogens with zero attached hydrogens (tertiary/aromatic N) is 2. The smallest absolute Gasteiger partial charge is 0.123 e. The summed E-state index contributed by atoms with van der Waals surface area (Å²) in [5.74, 6) is -0.180. The third-order valence-electron chi connectivity index (χ3n) is 16.6. The predicted octanol–water partition coefficient (Wildman–Crippen LogP) is 20.3. The summed E-state index contributed by atoms with van der Waals surface area (Å²) in [6.45, 7) is 0. The zero-order valence-corrected chi connectivity index (χ0v) is 41.5. The van der Waals surface area contributed by atoms with E-state index >= 15 is 8.78 Å². The lowest BCUT2D eigenvalue weighted by Gasteiger charge is -2.37. The van der Waals surface area contributed by atoms with E-state index < -0.39 is 0 Å². The molecule has 9 aromatic carbocycles. The van der Waals surface area contributed by atoms with Gasteiger partial charge in [-0.05, 0) is 133 Å². The highest BCUT2D eigenvalue weighted by atomic mass is 32.1. The van der Waals surface area contributed by atoms with E-state index in [1.165, 1.54) is 97.1 Å². The van der Waals surface area contributed by atoms with Gasteiger partial charge >= 0.3 is 0 Å². The Morgan fingerprint density at radius 1 is 0.347 bits per heavy atom. The molecule has 350 valence electrons. The summed E-state index contributed by atoms with van der Waals surface area (Å²) >= 11 is 3.71. The zero-order valence-electron chi connectivity index (χ0n) is 39.9. The molecule has 0 amide bonds. The van der Waals surface area contributed by atoms with Gasteiger partial charge in [-0.2, -0.15) is 0 Å². The summed E-state index contributed by atoms with van der Waals surface area (Å²) < 4.78 is 43.3. The van der Waals surface area contributed by atoms with Crippen molar-refractivity contribution < 1.29 is 8.78 Å². The molecule has 2 fully saturated rings. The highest BCUT2D eigenvalue weighted by molar-refractivity contribution is 7.26. The Morgan fingerprint density at radius 3 is 1.22 bits per heavy atom. The largest absolute Gasteiger partial charge is 0.309 e. The van der Waals surface area contributed by atoms with Crippen LogP contribution in [0.2, 0.25) is 0 Å². The molecule has 4 aromatic heterocycles. The normalized spacial score (nSPS) is 15.2. The van der Waals surface area contributed by atoms with E-state index in [1.54, 1.807) is 24.3 Å². The Hall–Kier alpha value is -7.12. The van der Waals surface area contributed by atoms with Crippen LogP contribution in [0.1, 0.15) is 87.2 Å². The molecule has 0 radical (unpaired) electrons. The molecule has 0 unspecified atom stereocenters. The summed E-state index contributed by atoms with van der Waals surface area (Å²) in [5.41, 5.74) is 13.1. The number of thiophene rings is 2. The minimum Gasteiger partial charge on any atom is -0.309 e. The maximum absolute atomic E-state index is 16.5. The van der Waals surface area contributed by atoms with E-state index in [0.717, 1.165) is 95.9 Å². The van der Waals surface area contributed by atoms with Gasteiger partial charge in [0, 0.05) is 73.0 Å². The van der Waals surface area contributed by atoms with Gasteiger partial charge in [-0.25, -0.2) is 8.78 Å². The number of para-hydroxylation sites is 2. The molecule has 2 nitrogen and oxygen atoms in total. The number of halogens is 2. The van der Waals surface area contributed by atoms with Gasteiger partial charge in [0.1, 0.15) is 11.6 Å². The summed E-state index contributed by atoms with van der Waals surface area (Å²) in [5, 5.41) is 9.97. The van der Waals surface area contributed by atoms with Crippen molar-refractivity contribution in [3.8, 4) is 33.6 Å². The van der Waals surface area contributed by atoms with Crippen LogP contribution in [-0.2, 0) is 0 Å². The van der Waals surface area contributed by atoms with E-state index in [1.807, 2.05) is 34.8 Å². The lowest BCUT2D eigenvalue weighted by molar-refractivity contribution is 0.435. The van der Waals surface area contributed by atoms with Crippen LogP contribution in [0.5, 0.6) is 0 Å². The summed E-state index contributed by atoms with van der Waals surface area (Å²) in [6, 6.07) is 59.7. The molecule has 0 N–H and O–H groups in total. The van der Waals surface area contributed by atoms with Gasteiger partial charge in [0.05, 0.1) is 33.4 Å². The topological polar surface area (TPSA) is 9.86 Å². The van der Waals surface area contributed by atoms with Crippen LogP contribution in [0.15, 0.2) is 170 Å². The number of fused-ring (bicyclic) bond motifs is 14. The van der Waals surface area contributed by atoms with E-state index in [9.17, 15) is 0 Å². The summed E-state index contributed by atoms with van der Waals surface area (Å²) in [6.07, 6.45) is 11.0. The second-order valence-electron chi connectivity index (χ2n) is 20.5. The van der Waals surface area contributed by atoms with Gasteiger partial charge < -0.3 is 9.13 Å². The fourth-order valence-electron chi connectivity index (χ4n) is 13.7. The minimum absolute atomic E-state index is 0.178. The Bertz CT molecular complexity index is 4250. The van der Waals surface area contributed by atoms with Crippen LogP contribution < -0.4 is 0 Å². The van der Waals surface area contributed by atoms with Crippen LogP contribution in [0, 0.1) is 11.6 Å². The van der Waals surface area contributed by atoms with Crippen molar-refractivity contribution in [2.45, 2.75) is 76.0 Å². The molecular formula is C66H50F2N2S2. The Labute approximate surface area is 424 Å². The molecule has 0 atom stereocenters. The minimum atomic E-state index is -0.268. The molecule has 0 spiro atoms. The van der Waals surface area contributed by atoms with Crippen molar-refractivity contribution in [3.63, 3.8) is 0 Å². The van der Waals surface area contributed by atoms with Crippen molar-refractivity contribution >= 4 is 107 Å². The first-order chi connectivity index (χ1) is 35.6. The molecule has 2 aliphatic carbocycles. The number of hydrogen-bond acceptors (Lipinski definition) is 2. The third kappa shape index (κ3) is 6.34. The maximum atomic E-state index is 16.5. The van der Waals surface area contributed by atoms with Gasteiger partial charge in [0.15, 0.2) is 0 Å². The molecule has 2 aliphatic rings. The second kappa shape index (κ2) is 16.7. The second-order valence-corrected chi connectivity index (χ2v) is 22.7. The first kappa shape index (κ1) is 42.6. The molecule has 15 rings (SSSR count). The first-order valence-electron chi connectivity index (χ1n) is 26.0. The SMILES string of the molecule is Fc1cccc(-c2c(C3CCCCC3)c(-n3c4ccccc4c4c5c(ccc43)sc3ccccc35)c(C3CCCCC3)c(-c3cccc(F)c3)c2-n2c3ccccc3c3c4c(ccc32)sc2ccccc24)c1. The average Bonchev–Trinajstić information content (AvgIpc) is 4.19. The Balaban J connectivity index is 1.23. The monoisotopic (exact) mass is 972 g/mol. The molecule has 6 heteroatoms. The Kier molecular flexibility index (Phi) is 9.89. The molecule has 0 bridgehead atoms. The molecule has 4 heterocycles. The Morgan fingerprint density at radius 2 is 0.764 bits per heavy atom. The van der Waals surface area contributed by atoms with Crippen molar-refractivity contribution in [1.29, 1.82) is 0 Å². The van der Waals surface area contributed by atoms with E-state index in [-0.39, 0.29) is 23.5 Å².